The minimum atomic E-state index is 0.118. The number of aromatic hydroxyl groups is 1. The van der Waals surface area contributed by atoms with Crippen LogP contribution in [0.4, 0.5) is 17.5 Å². The topological polar surface area (TPSA) is 83.0 Å². The van der Waals surface area contributed by atoms with E-state index < -0.39 is 0 Å². The molecule has 6 nitrogen and oxygen atoms in total. The van der Waals surface area contributed by atoms with Crippen molar-refractivity contribution in [2.24, 2.45) is 0 Å². The van der Waals surface area contributed by atoms with Gasteiger partial charge in [-0.3, -0.25) is 0 Å². The average molecular weight is 341 g/mol. The lowest BCUT2D eigenvalue weighted by Gasteiger charge is -2.16. The van der Waals surface area contributed by atoms with Gasteiger partial charge in [0.25, 0.3) is 0 Å². The lowest BCUT2D eigenvalue weighted by atomic mass is 10.2. The molecular weight excluding hydrogens is 322 g/mol. The largest absolute Gasteiger partial charge is 0.508 e. The molecular formula is C17H19N5OS. The van der Waals surface area contributed by atoms with Crippen molar-refractivity contribution in [1.29, 1.82) is 0 Å². The highest BCUT2D eigenvalue weighted by atomic mass is 32.1. The molecule has 3 N–H and O–H groups in total. The molecule has 3 rings (SSSR count). The van der Waals surface area contributed by atoms with E-state index in [-0.39, 0.29) is 11.8 Å². The predicted molar refractivity (Wildman–Crippen MR) is 96.9 cm³/mol. The van der Waals surface area contributed by atoms with Gasteiger partial charge in [-0.05, 0) is 25.5 Å². The van der Waals surface area contributed by atoms with Crippen LogP contribution in [0.2, 0.25) is 0 Å². The number of rotatable bonds is 6. The summed E-state index contributed by atoms with van der Waals surface area (Å²) in [5.74, 6) is 1.42. The second-order valence-corrected chi connectivity index (χ2v) is 6.30. The first kappa shape index (κ1) is 16.2. The van der Waals surface area contributed by atoms with Crippen LogP contribution < -0.4 is 10.6 Å². The average Bonchev–Trinajstić information content (AvgIpc) is 3.06. The van der Waals surface area contributed by atoms with E-state index in [2.05, 4.69) is 32.5 Å². The normalized spacial score (nSPS) is 11.9. The SMILES string of the molecule is CC[C@@H](Nc1cc(C)nc(Nc2cccc(O)c2)n1)c1nccs1. The fourth-order valence-corrected chi connectivity index (χ4v) is 3.11. The number of nitrogens with zero attached hydrogens (tertiary/aromatic N) is 3. The zero-order valence-corrected chi connectivity index (χ0v) is 14.3. The first-order valence-electron chi connectivity index (χ1n) is 7.71. The molecule has 0 aliphatic carbocycles. The Labute approximate surface area is 144 Å². The number of aryl methyl sites for hydroxylation is 1. The van der Waals surface area contributed by atoms with E-state index in [0.29, 0.717) is 5.95 Å². The zero-order valence-electron chi connectivity index (χ0n) is 13.5. The summed E-state index contributed by atoms with van der Waals surface area (Å²) in [6, 6.07) is 8.89. The monoisotopic (exact) mass is 341 g/mol. The van der Waals surface area contributed by atoms with Gasteiger partial charge in [0.2, 0.25) is 5.95 Å². The predicted octanol–water partition coefficient (Wildman–Crippen LogP) is 4.25. The zero-order chi connectivity index (χ0) is 16.9. The van der Waals surface area contributed by atoms with Crippen LogP contribution in [0, 0.1) is 6.92 Å². The number of thiazole rings is 1. The summed E-state index contributed by atoms with van der Waals surface area (Å²) >= 11 is 1.63. The van der Waals surface area contributed by atoms with Crippen molar-refractivity contribution in [3.63, 3.8) is 0 Å². The molecule has 0 amide bonds. The van der Waals surface area contributed by atoms with E-state index in [1.54, 1.807) is 29.5 Å². The highest BCUT2D eigenvalue weighted by Crippen LogP contribution is 2.25. The first-order chi connectivity index (χ1) is 11.6. The van der Waals surface area contributed by atoms with Crippen LogP contribution in [0.1, 0.15) is 30.1 Å². The minimum absolute atomic E-state index is 0.118. The van der Waals surface area contributed by atoms with E-state index in [1.165, 1.54) is 0 Å². The Kier molecular flexibility index (Phi) is 4.90. The molecule has 2 heterocycles. The van der Waals surface area contributed by atoms with Gasteiger partial charge in [0, 0.05) is 35.1 Å². The summed E-state index contributed by atoms with van der Waals surface area (Å²) < 4.78 is 0. The molecule has 0 aliphatic rings. The highest BCUT2D eigenvalue weighted by molar-refractivity contribution is 7.09. The molecule has 124 valence electrons. The lowest BCUT2D eigenvalue weighted by Crippen LogP contribution is -2.12. The van der Waals surface area contributed by atoms with Gasteiger partial charge < -0.3 is 15.7 Å². The molecule has 0 bridgehead atoms. The van der Waals surface area contributed by atoms with E-state index in [4.69, 9.17) is 0 Å². The van der Waals surface area contributed by atoms with Crippen LogP contribution in [0.25, 0.3) is 0 Å². The second kappa shape index (κ2) is 7.27. The minimum Gasteiger partial charge on any atom is -0.508 e. The summed E-state index contributed by atoms with van der Waals surface area (Å²) in [5.41, 5.74) is 1.59. The van der Waals surface area contributed by atoms with Gasteiger partial charge in [0.05, 0.1) is 6.04 Å². The third-order valence-electron chi connectivity index (χ3n) is 3.44. The van der Waals surface area contributed by atoms with Gasteiger partial charge in [0.1, 0.15) is 16.6 Å². The molecule has 1 atom stereocenters. The van der Waals surface area contributed by atoms with Gasteiger partial charge in [-0.1, -0.05) is 13.0 Å². The molecule has 0 aliphatic heterocycles. The lowest BCUT2D eigenvalue weighted by molar-refractivity contribution is 0.475. The molecule has 0 spiro atoms. The quantitative estimate of drug-likeness (QED) is 0.621. The van der Waals surface area contributed by atoms with Crippen molar-refractivity contribution in [1.82, 2.24) is 15.0 Å². The second-order valence-electron chi connectivity index (χ2n) is 5.37. The van der Waals surface area contributed by atoms with Gasteiger partial charge in [0.15, 0.2) is 0 Å². The molecule has 3 aromatic rings. The van der Waals surface area contributed by atoms with Crippen molar-refractivity contribution in [2.75, 3.05) is 10.6 Å². The number of aromatic nitrogens is 3. The molecule has 0 saturated carbocycles. The van der Waals surface area contributed by atoms with Crippen molar-refractivity contribution in [2.45, 2.75) is 26.3 Å². The Morgan fingerprint density at radius 3 is 2.83 bits per heavy atom. The Hall–Kier alpha value is -2.67. The van der Waals surface area contributed by atoms with E-state index in [9.17, 15) is 5.11 Å². The molecule has 0 fully saturated rings. The van der Waals surface area contributed by atoms with E-state index in [1.807, 2.05) is 30.6 Å². The third-order valence-corrected chi connectivity index (χ3v) is 4.33. The van der Waals surface area contributed by atoms with Gasteiger partial charge >= 0.3 is 0 Å². The summed E-state index contributed by atoms with van der Waals surface area (Å²) in [6.45, 7) is 4.03. The molecule has 7 heteroatoms. The van der Waals surface area contributed by atoms with Crippen LogP contribution in [-0.4, -0.2) is 20.1 Å². The Morgan fingerprint density at radius 1 is 1.25 bits per heavy atom. The standard InChI is InChI=1S/C17H19N5OS/c1-3-14(16-18-7-8-24-16)21-15-9-11(2)19-17(22-15)20-12-5-4-6-13(23)10-12/h4-10,14,23H,3H2,1-2H3,(H2,19,20,21,22)/t14-/m1/s1. The summed E-state index contributed by atoms with van der Waals surface area (Å²) in [7, 11) is 0. The number of hydrogen-bond acceptors (Lipinski definition) is 7. The van der Waals surface area contributed by atoms with Gasteiger partial charge in [-0.2, -0.15) is 4.98 Å². The van der Waals surface area contributed by atoms with Gasteiger partial charge in [-0.15, -0.1) is 11.3 Å². The maximum absolute atomic E-state index is 9.56. The number of anilines is 3. The number of hydrogen-bond donors (Lipinski definition) is 3. The van der Waals surface area contributed by atoms with Crippen molar-refractivity contribution < 1.29 is 5.11 Å². The summed E-state index contributed by atoms with van der Waals surface area (Å²) in [5, 5.41) is 19.1. The Morgan fingerprint density at radius 2 is 2.12 bits per heavy atom. The van der Waals surface area contributed by atoms with Crippen molar-refractivity contribution in [3.05, 3.63) is 52.6 Å². The maximum Gasteiger partial charge on any atom is 0.229 e. The van der Waals surface area contributed by atoms with Crippen LogP contribution in [-0.2, 0) is 0 Å². The van der Waals surface area contributed by atoms with E-state index >= 15 is 0 Å². The van der Waals surface area contributed by atoms with E-state index in [0.717, 1.165) is 28.6 Å². The molecule has 1 aromatic carbocycles. The van der Waals surface area contributed by atoms with Crippen LogP contribution in [0.5, 0.6) is 5.75 Å². The molecule has 0 radical (unpaired) electrons. The Balaban J connectivity index is 1.81. The van der Waals surface area contributed by atoms with Crippen molar-refractivity contribution in [3.8, 4) is 5.75 Å². The number of phenolic OH excluding ortho intramolecular Hbond substituents is 1. The van der Waals surface area contributed by atoms with Crippen LogP contribution in [0.15, 0.2) is 41.9 Å². The smallest absolute Gasteiger partial charge is 0.229 e. The fraction of sp³-hybridized carbons (Fsp3) is 0.235. The number of benzene rings is 1. The third kappa shape index (κ3) is 3.99. The van der Waals surface area contributed by atoms with Crippen molar-refractivity contribution >= 4 is 28.8 Å². The molecule has 24 heavy (non-hydrogen) atoms. The fourth-order valence-electron chi connectivity index (χ4n) is 2.33. The first-order valence-corrected chi connectivity index (χ1v) is 8.59. The number of nitrogens with one attached hydrogen (secondary N) is 2. The Bertz CT molecular complexity index is 807. The molecule has 2 aromatic heterocycles. The van der Waals surface area contributed by atoms with Gasteiger partial charge in [-0.25, -0.2) is 9.97 Å². The summed E-state index contributed by atoms with van der Waals surface area (Å²) in [6.07, 6.45) is 2.72. The van der Waals surface area contributed by atoms with Crippen LogP contribution >= 0.6 is 11.3 Å². The highest BCUT2D eigenvalue weighted by Gasteiger charge is 2.13. The molecule has 0 unspecified atom stereocenters. The summed E-state index contributed by atoms with van der Waals surface area (Å²) in [4.78, 5) is 13.3. The van der Waals surface area contributed by atoms with Crippen LogP contribution in [0.3, 0.4) is 0 Å². The maximum atomic E-state index is 9.56. The number of phenols is 1. The molecule has 0 saturated heterocycles.